The van der Waals surface area contributed by atoms with E-state index < -0.39 is 0 Å². The molecule has 2 rings (SSSR count). The second kappa shape index (κ2) is 8.08. The highest BCUT2D eigenvalue weighted by atomic mass is 32.1. The first-order chi connectivity index (χ1) is 10.7. The number of ether oxygens (including phenoxy) is 1. The highest BCUT2D eigenvalue weighted by Gasteiger charge is 2.24. The molecule has 0 aliphatic rings. The van der Waals surface area contributed by atoms with Crippen LogP contribution < -0.4 is 4.74 Å². The zero-order valence-electron chi connectivity index (χ0n) is 13.4. The topological polar surface area (TPSA) is 57.0 Å². The molecule has 2 aromatic heterocycles. The van der Waals surface area contributed by atoms with Crippen LogP contribution in [-0.4, -0.2) is 27.3 Å². The molecule has 120 valence electrons. The van der Waals surface area contributed by atoms with Crippen LogP contribution in [-0.2, 0) is 0 Å². The Morgan fingerprint density at radius 3 is 2.82 bits per heavy atom. The maximum absolute atomic E-state index is 12.8. The van der Waals surface area contributed by atoms with Crippen molar-refractivity contribution in [2.24, 2.45) is 5.92 Å². The van der Waals surface area contributed by atoms with Crippen molar-refractivity contribution < 1.29 is 9.53 Å². The van der Waals surface area contributed by atoms with E-state index in [0.29, 0.717) is 12.4 Å². The molecule has 0 aromatic carbocycles. The molecule has 0 saturated carbocycles. The zero-order chi connectivity index (χ0) is 15.9. The molecule has 0 aliphatic heterocycles. The van der Waals surface area contributed by atoms with Gasteiger partial charge in [-0.2, -0.15) is 9.67 Å². The second-order valence-electron chi connectivity index (χ2n) is 5.13. The first-order valence-corrected chi connectivity index (χ1v) is 8.77. The third-order valence-electron chi connectivity index (χ3n) is 3.56. The number of aromatic nitrogens is 3. The van der Waals surface area contributed by atoms with Crippen molar-refractivity contribution in [1.82, 2.24) is 14.8 Å². The lowest BCUT2D eigenvalue weighted by Crippen LogP contribution is -2.23. The highest BCUT2D eigenvalue weighted by molar-refractivity contribution is 7.13. The fourth-order valence-electron chi connectivity index (χ4n) is 2.33. The quantitative estimate of drug-likeness (QED) is 0.729. The molecule has 0 aliphatic carbocycles. The molecular formula is C16H23N3O2S. The second-order valence-corrected chi connectivity index (χ2v) is 6.07. The van der Waals surface area contributed by atoms with Gasteiger partial charge in [-0.3, -0.25) is 4.79 Å². The van der Waals surface area contributed by atoms with Gasteiger partial charge in [0.1, 0.15) is 0 Å². The fraction of sp³-hybridized carbons (Fsp3) is 0.562. The van der Waals surface area contributed by atoms with Crippen molar-refractivity contribution >= 4 is 17.2 Å². The molecule has 1 unspecified atom stereocenters. The van der Waals surface area contributed by atoms with Crippen LogP contribution in [0.1, 0.15) is 51.2 Å². The monoisotopic (exact) mass is 321 g/mol. The lowest BCUT2D eigenvalue weighted by Gasteiger charge is -2.13. The maximum atomic E-state index is 12.8. The Bertz CT molecular complexity index is 593. The average Bonchev–Trinajstić information content (AvgIpc) is 3.17. The lowest BCUT2D eigenvalue weighted by atomic mass is 9.98. The minimum absolute atomic E-state index is 0.0119. The molecule has 22 heavy (non-hydrogen) atoms. The van der Waals surface area contributed by atoms with Gasteiger partial charge in [-0.15, -0.1) is 16.4 Å². The van der Waals surface area contributed by atoms with Crippen LogP contribution in [0.25, 0.3) is 10.7 Å². The summed E-state index contributed by atoms with van der Waals surface area (Å²) in [5, 5.41) is 6.24. The summed E-state index contributed by atoms with van der Waals surface area (Å²) < 4.78 is 6.81. The maximum Gasteiger partial charge on any atom is 0.336 e. The number of unbranched alkanes of at least 4 members (excludes halogenated alkanes) is 1. The molecule has 0 spiro atoms. The number of nitrogens with zero attached hydrogens (tertiary/aromatic N) is 3. The van der Waals surface area contributed by atoms with Gasteiger partial charge in [0.2, 0.25) is 0 Å². The van der Waals surface area contributed by atoms with Gasteiger partial charge in [0.05, 0.1) is 11.5 Å². The molecule has 0 bridgehead atoms. The first-order valence-electron chi connectivity index (χ1n) is 7.89. The van der Waals surface area contributed by atoms with Gasteiger partial charge < -0.3 is 4.74 Å². The summed E-state index contributed by atoms with van der Waals surface area (Å²) in [6.45, 7) is 6.54. The first kappa shape index (κ1) is 16.7. The Morgan fingerprint density at radius 1 is 1.41 bits per heavy atom. The van der Waals surface area contributed by atoms with E-state index in [2.05, 4.69) is 17.0 Å². The molecule has 2 heterocycles. The molecule has 0 N–H and O–H groups in total. The summed E-state index contributed by atoms with van der Waals surface area (Å²) in [5.74, 6) is 0.575. The van der Waals surface area contributed by atoms with Crippen LogP contribution in [0.4, 0.5) is 0 Å². The summed E-state index contributed by atoms with van der Waals surface area (Å²) in [7, 11) is 0. The van der Waals surface area contributed by atoms with Crippen LogP contribution >= 0.6 is 11.3 Å². The Labute approximate surface area is 135 Å². The molecule has 1 atom stereocenters. The molecular weight excluding hydrogens is 298 g/mol. The van der Waals surface area contributed by atoms with E-state index in [1.165, 1.54) is 4.68 Å². The SMILES string of the molecule is CCCCC(CC)C(=O)n1nc(OCC)nc1-c1cccs1. The van der Waals surface area contributed by atoms with Crippen LogP contribution in [0.15, 0.2) is 17.5 Å². The highest BCUT2D eigenvalue weighted by Crippen LogP contribution is 2.26. The Morgan fingerprint density at radius 2 is 2.23 bits per heavy atom. The van der Waals surface area contributed by atoms with Crippen molar-refractivity contribution in [3.05, 3.63) is 17.5 Å². The van der Waals surface area contributed by atoms with E-state index in [9.17, 15) is 4.79 Å². The Kier molecular flexibility index (Phi) is 6.12. The van der Waals surface area contributed by atoms with E-state index in [1.54, 1.807) is 11.3 Å². The van der Waals surface area contributed by atoms with Crippen LogP contribution in [0.5, 0.6) is 6.01 Å². The van der Waals surface area contributed by atoms with Gasteiger partial charge in [0.15, 0.2) is 5.82 Å². The van der Waals surface area contributed by atoms with Gasteiger partial charge in [-0.1, -0.05) is 32.8 Å². The number of hydrogen-bond donors (Lipinski definition) is 0. The average molecular weight is 321 g/mol. The smallest absolute Gasteiger partial charge is 0.336 e. The standard InChI is InChI=1S/C16H23N3O2S/c1-4-7-9-12(5-2)15(20)19-14(13-10-8-11-22-13)17-16(18-19)21-6-3/h8,10-12H,4-7,9H2,1-3H3. The Hall–Kier alpha value is -1.69. The van der Waals surface area contributed by atoms with Crippen molar-refractivity contribution in [2.45, 2.75) is 46.5 Å². The molecule has 5 nitrogen and oxygen atoms in total. The van der Waals surface area contributed by atoms with Crippen LogP contribution in [0, 0.1) is 5.92 Å². The number of carbonyl (C=O) groups excluding carboxylic acids is 1. The number of hydrogen-bond acceptors (Lipinski definition) is 5. The minimum Gasteiger partial charge on any atom is -0.463 e. The minimum atomic E-state index is -0.0187. The molecule has 0 radical (unpaired) electrons. The molecule has 2 aromatic rings. The summed E-state index contributed by atoms with van der Waals surface area (Å²) in [6, 6.07) is 4.16. The van der Waals surface area contributed by atoms with Crippen molar-refractivity contribution in [2.75, 3.05) is 6.61 Å². The van der Waals surface area contributed by atoms with Gasteiger partial charge in [0.25, 0.3) is 5.91 Å². The van der Waals surface area contributed by atoms with Gasteiger partial charge in [0, 0.05) is 5.92 Å². The third kappa shape index (κ3) is 3.74. The van der Waals surface area contributed by atoms with Gasteiger partial charge >= 0.3 is 6.01 Å². The Balaban J connectivity index is 2.33. The normalized spacial score (nSPS) is 12.3. The van der Waals surface area contributed by atoms with Crippen LogP contribution in [0.2, 0.25) is 0 Å². The fourth-order valence-corrected chi connectivity index (χ4v) is 3.03. The molecule has 6 heteroatoms. The predicted octanol–water partition coefficient (Wildman–Crippen LogP) is 4.26. The number of thiophene rings is 1. The molecule has 0 fully saturated rings. The third-order valence-corrected chi connectivity index (χ3v) is 4.43. The van der Waals surface area contributed by atoms with E-state index >= 15 is 0 Å². The van der Waals surface area contributed by atoms with Crippen molar-refractivity contribution in [3.8, 4) is 16.7 Å². The van der Waals surface area contributed by atoms with E-state index in [1.807, 2.05) is 31.4 Å². The number of rotatable bonds is 8. The van der Waals surface area contributed by atoms with Crippen LogP contribution in [0.3, 0.4) is 0 Å². The van der Waals surface area contributed by atoms with Crippen molar-refractivity contribution in [3.63, 3.8) is 0 Å². The summed E-state index contributed by atoms with van der Waals surface area (Å²) in [5.41, 5.74) is 0. The molecule has 0 amide bonds. The van der Waals surface area contributed by atoms with Crippen molar-refractivity contribution in [1.29, 1.82) is 0 Å². The summed E-state index contributed by atoms with van der Waals surface area (Å²) in [6.07, 6.45) is 3.83. The predicted molar refractivity (Wildman–Crippen MR) is 88.4 cm³/mol. The van der Waals surface area contributed by atoms with E-state index in [0.717, 1.165) is 30.6 Å². The summed E-state index contributed by atoms with van der Waals surface area (Å²) >= 11 is 1.55. The largest absolute Gasteiger partial charge is 0.463 e. The summed E-state index contributed by atoms with van der Waals surface area (Å²) in [4.78, 5) is 18.1. The van der Waals surface area contributed by atoms with Gasteiger partial charge in [-0.25, -0.2) is 0 Å². The van der Waals surface area contributed by atoms with E-state index in [-0.39, 0.29) is 17.8 Å². The number of carbonyl (C=O) groups is 1. The zero-order valence-corrected chi connectivity index (χ0v) is 14.2. The lowest BCUT2D eigenvalue weighted by molar-refractivity contribution is 0.0804. The molecule has 0 saturated heterocycles. The van der Waals surface area contributed by atoms with E-state index in [4.69, 9.17) is 4.74 Å². The van der Waals surface area contributed by atoms with Gasteiger partial charge in [-0.05, 0) is 31.2 Å².